The Balaban J connectivity index is 1.97. The van der Waals surface area contributed by atoms with Gasteiger partial charge in [0.2, 0.25) is 0 Å². The van der Waals surface area contributed by atoms with E-state index in [1.54, 1.807) is 0 Å². The Bertz CT molecular complexity index is 459. The van der Waals surface area contributed by atoms with Crippen LogP contribution in [-0.2, 0) is 16.0 Å². The molecular weight excluding hydrogens is 276 g/mol. The highest BCUT2D eigenvalue weighted by atomic mass is 35.5. The van der Waals surface area contributed by atoms with E-state index in [0.717, 1.165) is 25.0 Å². The number of carbonyl (C=O) groups excluding carboxylic acids is 1. The van der Waals surface area contributed by atoms with Crippen molar-refractivity contribution in [3.8, 4) is 5.75 Å². The van der Waals surface area contributed by atoms with Gasteiger partial charge in [0.1, 0.15) is 5.75 Å². The lowest BCUT2D eigenvalue weighted by Crippen LogP contribution is -2.08. The van der Waals surface area contributed by atoms with Gasteiger partial charge >= 0.3 is 5.97 Å². The zero-order valence-corrected chi connectivity index (χ0v) is 12.6. The van der Waals surface area contributed by atoms with E-state index in [4.69, 9.17) is 21.1 Å². The lowest BCUT2D eigenvalue weighted by atomic mass is 9.98. The molecule has 0 fully saturated rings. The highest BCUT2D eigenvalue weighted by molar-refractivity contribution is 6.17. The molecule has 3 nitrogen and oxygen atoms in total. The number of carbonyl (C=O) groups is 1. The molecule has 20 heavy (non-hydrogen) atoms. The lowest BCUT2D eigenvalue weighted by molar-refractivity contribution is -0.143. The second kappa shape index (κ2) is 7.53. The molecule has 110 valence electrons. The molecular formula is C16H21ClO3. The van der Waals surface area contributed by atoms with Crippen molar-refractivity contribution in [3.05, 3.63) is 29.3 Å². The second-order valence-electron chi connectivity index (χ2n) is 5.00. The number of benzene rings is 1. The highest BCUT2D eigenvalue weighted by Gasteiger charge is 2.25. The van der Waals surface area contributed by atoms with E-state index >= 15 is 0 Å². The van der Waals surface area contributed by atoms with Crippen LogP contribution in [0.1, 0.15) is 43.2 Å². The molecule has 0 saturated carbocycles. The molecule has 1 unspecified atom stereocenters. The van der Waals surface area contributed by atoms with Crippen molar-refractivity contribution in [2.24, 2.45) is 0 Å². The van der Waals surface area contributed by atoms with Crippen molar-refractivity contribution in [2.45, 2.75) is 38.5 Å². The summed E-state index contributed by atoms with van der Waals surface area (Å²) in [6.07, 6.45) is 3.35. The summed E-state index contributed by atoms with van der Waals surface area (Å²) < 4.78 is 10.7. The van der Waals surface area contributed by atoms with E-state index in [9.17, 15) is 4.79 Å². The second-order valence-corrected chi connectivity index (χ2v) is 5.37. The number of ether oxygens (including phenoxy) is 2. The normalized spacial score (nSPS) is 16.8. The van der Waals surface area contributed by atoms with E-state index in [1.165, 1.54) is 11.1 Å². The van der Waals surface area contributed by atoms with E-state index in [-0.39, 0.29) is 5.97 Å². The molecule has 1 aliphatic carbocycles. The third-order valence-electron chi connectivity index (χ3n) is 3.58. The number of fused-ring (bicyclic) bond motifs is 1. The first kappa shape index (κ1) is 15.2. The molecule has 0 radical (unpaired) electrons. The van der Waals surface area contributed by atoms with Gasteiger partial charge in [0.05, 0.1) is 19.6 Å². The molecule has 0 bridgehead atoms. The fraction of sp³-hybridized carbons (Fsp3) is 0.562. The monoisotopic (exact) mass is 296 g/mol. The van der Waals surface area contributed by atoms with Gasteiger partial charge in [-0.1, -0.05) is 6.07 Å². The predicted molar refractivity (Wildman–Crippen MR) is 79.6 cm³/mol. The van der Waals surface area contributed by atoms with Gasteiger partial charge in [-0.3, -0.25) is 4.79 Å². The Hall–Kier alpha value is -1.22. The van der Waals surface area contributed by atoms with E-state index in [2.05, 4.69) is 12.1 Å². The number of alkyl halides is 1. The van der Waals surface area contributed by atoms with Gasteiger partial charge < -0.3 is 9.47 Å². The van der Waals surface area contributed by atoms with E-state index in [0.29, 0.717) is 31.4 Å². The molecule has 0 N–H and O–H groups in total. The van der Waals surface area contributed by atoms with Crippen molar-refractivity contribution in [2.75, 3.05) is 19.1 Å². The van der Waals surface area contributed by atoms with Gasteiger partial charge in [-0.15, -0.1) is 11.6 Å². The molecule has 4 heteroatoms. The standard InChI is InChI=1S/C16H21ClO3/c1-2-19-16(18)11-13-5-4-12-10-14(6-7-15(12)13)20-9-3-8-17/h6-7,10,13H,2-5,8-9,11H2,1H3. The predicted octanol–water partition coefficient (Wildman–Crippen LogP) is 3.68. The molecule has 2 rings (SSSR count). The van der Waals surface area contributed by atoms with Crippen molar-refractivity contribution in [3.63, 3.8) is 0 Å². The summed E-state index contributed by atoms with van der Waals surface area (Å²) >= 11 is 5.63. The van der Waals surface area contributed by atoms with E-state index in [1.807, 2.05) is 13.0 Å². The molecule has 0 aliphatic heterocycles. The van der Waals surface area contributed by atoms with Gasteiger partial charge in [0, 0.05) is 5.88 Å². The topological polar surface area (TPSA) is 35.5 Å². The lowest BCUT2D eigenvalue weighted by Gasteiger charge is -2.12. The van der Waals surface area contributed by atoms with Crippen molar-refractivity contribution < 1.29 is 14.3 Å². The number of hydrogen-bond donors (Lipinski definition) is 0. The Kier molecular flexibility index (Phi) is 5.72. The molecule has 0 saturated heterocycles. The molecule has 1 aliphatic rings. The number of aryl methyl sites for hydroxylation is 1. The average molecular weight is 297 g/mol. The summed E-state index contributed by atoms with van der Waals surface area (Å²) in [6.45, 7) is 2.94. The van der Waals surface area contributed by atoms with Crippen LogP contribution in [0.5, 0.6) is 5.75 Å². The summed E-state index contributed by atoms with van der Waals surface area (Å²) in [5, 5.41) is 0. The summed E-state index contributed by atoms with van der Waals surface area (Å²) in [5.41, 5.74) is 2.56. The Morgan fingerprint density at radius 2 is 2.30 bits per heavy atom. The summed E-state index contributed by atoms with van der Waals surface area (Å²) in [6, 6.07) is 6.16. The quantitative estimate of drug-likeness (QED) is 0.437. The zero-order chi connectivity index (χ0) is 14.4. The molecule has 1 atom stereocenters. The van der Waals surface area contributed by atoms with Crippen LogP contribution in [0.4, 0.5) is 0 Å². The van der Waals surface area contributed by atoms with Crippen LogP contribution < -0.4 is 4.74 Å². The number of rotatable bonds is 7. The summed E-state index contributed by atoms with van der Waals surface area (Å²) in [5.74, 6) is 1.70. The summed E-state index contributed by atoms with van der Waals surface area (Å²) in [4.78, 5) is 11.6. The number of halogens is 1. The average Bonchev–Trinajstić information content (AvgIpc) is 2.82. The van der Waals surface area contributed by atoms with E-state index < -0.39 is 0 Å². The SMILES string of the molecule is CCOC(=O)CC1CCc2cc(OCCCCl)ccc21. The van der Waals surface area contributed by atoms with Crippen molar-refractivity contribution in [1.29, 1.82) is 0 Å². The molecule has 1 aromatic rings. The first-order chi connectivity index (χ1) is 9.74. The largest absolute Gasteiger partial charge is 0.494 e. The fourth-order valence-electron chi connectivity index (χ4n) is 2.65. The number of esters is 1. The maximum absolute atomic E-state index is 11.6. The third-order valence-corrected chi connectivity index (χ3v) is 3.85. The number of hydrogen-bond acceptors (Lipinski definition) is 3. The van der Waals surface area contributed by atoms with Gasteiger partial charge in [0.15, 0.2) is 0 Å². The van der Waals surface area contributed by atoms with Gasteiger partial charge in [-0.25, -0.2) is 0 Å². The van der Waals surface area contributed by atoms with Crippen molar-refractivity contribution in [1.82, 2.24) is 0 Å². The van der Waals surface area contributed by atoms with Crippen LogP contribution >= 0.6 is 11.6 Å². The Morgan fingerprint density at radius 3 is 3.05 bits per heavy atom. The van der Waals surface area contributed by atoms with Crippen LogP contribution in [-0.4, -0.2) is 25.1 Å². The minimum absolute atomic E-state index is 0.104. The third kappa shape index (κ3) is 3.89. The molecule has 0 aromatic heterocycles. The highest BCUT2D eigenvalue weighted by Crippen LogP contribution is 2.37. The maximum atomic E-state index is 11.6. The Morgan fingerprint density at radius 1 is 1.45 bits per heavy atom. The van der Waals surface area contributed by atoms with Crippen LogP contribution in [0.2, 0.25) is 0 Å². The first-order valence-electron chi connectivity index (χ1n) is 7.21. The molecule has 0 spiro atoms. The van der Waals surface area contributed by atoms with Crippen LogP contribution in [0.15, 0.2) is 18.2 Å². The van der Waals surface area contributed by atoms with Crippen molar-refractivity contribution >= 4 is 17.6 Å². The fourth-order valence-corrected chi connectivity index (χ4v) is 2.76. The van der Waals surface area contributed by atoms with Crippen LogP contribution in [0.25, 0.3) is 0 Å². The smallest absolute Gasteiger partial charge is 0.306 e. The Labute approximate surface area is 125 Å². The van der Waals surface area contributed by atoms with Crippen LogP contribution in [0, 0.1) is 0 Å². The maximum Gasteiger partial charge on any atom is 0.306 e. The minimum Gasteiger partial charge on any atom is -0.494 e. The minimum atomic E-state index is -0.104. The van der Waals surface area contributed by atoms with Gasteiger partial charge in [-0.05, 0) is 55.4 Å². The molecule has 0 amide bonds. The molecule has 1 aromatic carbocycles. The molecule has 0 heterocycles. The van der Waals surface area contributed by atoms with Crippen LogP contribution in [0.3, 0.4) is 0 Å². The summed E-state index contributed by atoms with van der Waals surface area (Å²) in [7, 11) is 0. The van der Waals surface area contributed by atoms with Gasteiger partial charge in [-0.2, -0.15) is 0 Å². The van der Waals surface area contributed by atoms with Gasteiger partial charge in [0.25, 0.3) is 0 Å². The zero-order valence-electron chi connectivity index (χ0n) is 11.9. The first-order valence-corrected chi connectivity index (χ1v) is 7.75.